The fraction of sp³-hybridized carbons (Fsp3) is 0.263. The molecule has 7 nitrogen and oxygen atoms in total. The van der Waals surface area contributed by atoms with Crippen LogP contribution in [0.2, 0.25) is 0 Å². The predicted octanol–water partition coefficient (Wildman–Crippen LogP) is 2.29. The van der Waals surface area contributed by atoms with E-state index in [4.69, 9.17) is 14.2 Å². The van der Waals surface area contributed by atoms with Crippen LogP contribution in [0.4, 0.5) is 0 Å². The average molecular weight is 390 g/mol. The molecule has 27 heavy (non-hydrogen) atoms. The number of rotatable bonds is 5. The highest BCUT2D eigenvalue weighted by molar-refractivity contribution is 7.90. The maximum absolute atomic E-state index is 12.2. The SMILES string of the molecule is CS(=O)(=O)c1ccc(C(=O)COC(=O)c2ccc3c(c2)OCCCO3)cc1. The van der Waals surface area contributed by atoms with Crippen molar-refractivity contribution in [3.05, 3.63) is 53.6 Å². The first-order valence-electron chi connectivity index (χ1n) is 8.25. The molecular formula is C19H18O7S. The molecule has 0 amide bonds. The first kappa shape index (κ1) is 18.9. The number of sulfone groups is 1. The molecule has 0 aliphatic carbocycles. The summed E-state index contributed by atoms with van der Waals surface area (Å²) in [5.74, 6) is -0.0692. The maximum atomic E-state index is 12.2. The Morgan fingerprint density at radius 3 is 2.26 bits per heavy atom. The van der Waals surface area contributed by atoms with Crippen molar-refractivity contribution in [2.24, 2.45) is 0 Å². The van der Waals surface area contributed by atoms with E-state index in [0.29, 0.717) is 24.7 Å². The van der Waals surface area contributed by atoms with Gasteiger partial charge < -0.3 is 14.2 Å². The van der Waals surface area contributed by atoms with Crippen molar-refractivity contribution >= 4 is 21.6 Å². The van der Waals surface area contributed by atoms with Gasteiger partial charge >= 0.3 is 5.97 Å². The van der Waals surface area contributed by atoms with Crippen molar-refractivity contribution in [2.45, 2.75) is 11.3 Å². The van der Waals surface area contributed by atoms with Crippen molar-refractivity contribution in [1.29, 1.82) is 0 Å². The highest BCUT2D eigenvalue weighted by Crippen LogP contribution is 2.30. The molecule has 0 spiro atoms. The minimum Gasteiger partial charge on any atom is -0.490 e. The van der Waals surface area contributed by atoms with E-state index in [0.717, 1.165) is 12.7 Å². The summed E-state index contributed by atoms with van der Waals surface area (Å²) in [4.78, 5) is 24.4. The Morgan fingerprint density at radius 1 is 0.963 bits per heavy atom. The van der Waals surface area contributed by atoms with Crippen LogP contribution in [0.15, 0.2) is 47.4 Å². The Hall–Kier alpha value is -2.87. The first-order chi connectivity index (χ1) is 12.8. The molecule has 0 atom stereocenters. The van der Waals surface area contributed by atoms with E-state index in [2.05, 4.69) is 0 Å². The van der Waals surface area contributed by atoms with Crippen LogP contribution in [0.25, 0.3) is 0 Å². The Balaban J connectivity index is 1.63. The molecule has 0 radical (unpaired) electrons. The third kappa shape index (κ3) is 4.65. The van der Waals surface area contributed by atoms with Crippen molar-refractivity contribution < 1.29 is 32.2 Å². The normalized spacial score (nSPS) is 13.5. The van der Waals surface area contributed by atoms with Gasteiger partial charge in [0, 0.05) is 18.2 Å². The zero-order valence-electron chi connectivity index (χ0n) is 14.6. The van der Waals surface area contributed by atoms with Crippen LogP contribution in [0.1, 0.15) is 27.1 Å². The molecule has 1 aliphatic heterocycles. The molecule has 0 saturated heterocycles. The van der Waals surface area contributed by atoms with Gasteiger partial charge in [-0.05, 0) is 42.5 Å². The third-order valence-electron chi connectivity index (χ3n) is 3.92. The average Bonchev–Trinajstić information content (AvgIpc) is 2.90. The smallest absolute Gasteiger partial charge is 0.338 e. The minimum absolute atomic E-state index is 0.114. The van der Waals surface area contributed by atoms with Crippen LogP contribution < -0.4 is 9.47 Å². The van der Waals surface area contributed by atoms with E-state index in [9.17, 15) is 18.0 Å². The van der Waals surface area contributed by atoms with Crippen LogP contribution >= 0.6 is 0 Å². The number of ether oxygens (including phenoxy) is 3. The molecule has 0 bridgehead atoms. The van der Waals surface area contributed by atoms with E-state index >= 15 is 0 Å². The Labute approximate surface area is 156 Å². The van der Waals surface area contributed by atoms with Gasteiger partial charge in [-0.1, -0.05) is 0 Å². The zero-order valence-corrected chi connectivity index (χ0v) is 15.5. The lowest BCUT2D eigenvalue weighted by Gasteiger charge is -2.09. The van der Waals surface area contributed by atoms with Crippen molar-refractivity contribution in [3.8, 4) is 11.5 Å². The van der Waals surface area contributed by atoms with E-state index < -0.39 is 28.2 Å². The van der Waals surface area contributed by atoms with E-state index in [1.807, 2.05) is 0 Å². The fourth-order valence-electron chi connectivity index (χ4n) is 2.48. The molecule has 2 aromatic carbocycles. The highest BCUT2D eigenvalue weighted by atomic mass is 32.2. The second-order valence-corrected chi connectivity index (χ2v) is 8.02. The lowest BCUT2D eigenvalue weighted by Crippen LogP contribution is -2.14. The molecular weight excluding hydrogens is 372 g/mol. The van der Waals surface area contributed by atoms with Crippen molar-refractivity contribution in [3.63, 3.8) is 0 Å². The van der Waals surface area contributed by atoms with Crippen LogP contribution in [-0.2, 0) is 14.6 Å². The summed E-state index contributed by atoms with van der Waals surface area (Å²) in [5, 5.41) is 0. The molecule has 3 rings (SSSR count). The summed E-state index contributed by atoms with van der Waals surface area (Å²) in [5.41, 5.74) is 0.508. The number of benzene rings is 2. The summed E-state index contributed by atoms with van der Waals surface area (Å²) < 4.78 is 39.0. The quantitative estimate of drug-likeness (QED) is 0.571. The van der Waals surface area contributed by atoms with Gasteiger partial charge in [0.1, 0.15) is 0 Å². The third-order valence-corrected chi connectivity index (χ3v) is 5.05. The maximum Gasteiger partial charge on any atom is 0.338 e. The van der Waals surface area contributed by atoms with Crippen molar-refractivity contribution in [1.82, 2.24) is 0 Å². The summed E-state index contributed by atoms with van der Waals surface area (Å²) >= 11 is 0. The summed E-state index contributed by atoms with van der Waals surface area (Å²) in [6.07, 6.45) is 1.84. The lowest BCUT2D eigenvalue weighted by atomic mass is 10.1. The second kappa shape index (κ2) is 7.79. The van der Waals surface area contributed by atoms with Gasteiger partial charge in [-0.15, -0.1) is 0 Å². The number of carbonyl (C=O) groups excluding carboxylic acids is 2. The second-order valence-electron chi connectivity index (χ2n) is 6.01. The van der Waals surface area contributed by atoms with Gasteiger partial charge in [-0.25, -0.2) is 13.2 Å². The van der Waals surface area contributed by atoms with Gasteiger partial charge in [0.15, 0.2) is 33.7 Å². The predicted molar refractivity (Wildman–Crippen MR) is 96.2 cm³/mol. The Bertz CT molecular complexity index is 962. The number of fused-ring (bicyclic) bond motifs is 1. The number of hydrogen-bond acceptors (Lipinski definition) is 7. The number of carbonyl (C=O) groups is 2. The summed E-state index contributed by atoms with van der Waals surface area (Å²) in [7, 11) is -3.34. The van der Waals surface area contributed by atoms with Gasteiger partial charge in [0.2, 0.25) is 0 Å². The molecule has 0 fully saturated rings. The van der Waals surface area contributed by atoms with E-state index in [1.54, 1.807) is 12.1 Å². The van der Waals surface area contributed by atoms with Crippen molar-refractivity contribution in [2.75, 3.05) is 26.1 Å². The van der Waals surface area contributed by atoms with Gasteiger partial charge in [0.25, 0.3) is 0 Å². The minimum atomic E-state index is -3.34. The molecule has 8 heteroatoms. The Morgan fingerprint density at radius 2 is 1.59 bits per heavy atom. The number of hydrogen-bond donors (Lipinski definition) is 0. The fourth-order valence-corrected chi connectivity index (χ4v) is 3.11. The molecule has 1 heterocycles. The molecule has 142 valence electrons. The first-order valence-corrected chi connectivity index (χ1v) is 10.1. The molecule has 1 aliphatic rings. The largest absolute Gasteiger partial charge is 0.490 e. The lowest BCUT2D eigenvalue weighted by molar-refractivity contribution is 0.0474. The van der Waals surface area contributed by atoms with Crippen LogP contribution in [-0.4, -0.2) is 46.2 Å². The number of esters is 1. The van der Waals surface area contributed by atoms with E-state index in [-0.39, 0.29) is 16.0 Å². The molecule has 0 unspecified atom stereocenters. The van der Waals surface area contributed by atoms with Crippen LogP contribution in [0, 0.1) is 0 Å². The number of ketones is 1. The molecule has 0 saturated carbocycles. The molecule has 0 N–H and O–H groups in total. The van der Waals surface area contributed by atoms with Gasteiger partial charge in [-0.2, -0.15) is 0 Å². The number of Topliss-reactive ketones (excluding diaryl/α,β-unsaturated/α-hetero) is 1. The summed E-state index contributed by atoms with van der Waals surface area (Å²) in [6, 6.07) is 10.2. The standard InChI is InChI=1S/C19H18O7S/c1-27(22,23)15-6-3-13(4-7-15)16(20)12-26-19(21)14-5-8-17-18(11-14)25-10-2-9-24-17/h3-8,11H,2,9-10,12H2,1H3. The topological polar surface area (TPSA) is 96.0 Å². The Kier molecular flexibility index (Phi) is 5.46. The molecule has 0 aromatic heterocycles. The highest BCUT2D eigenvalue weighted by Gasteiger charge is 2.17. The zero-order chi connectivity index (χ0) is 19.4. The van der Waals surface area contributed by atoms with Crippen LogP contribution in [0.5, 0.6) is 11.5 Å². The van der Waals surface area contributed by atoms with Crippen LogP contribution in [0.3, 0.4) is 0 Å². The van der Waals surface area contributed by atoms with Gasteiger partial charge in [0.05, 0.1) is 23.7 Å². The monoisotopic (exact) mass is 390 g/mol. The molecule has 2 aromatic rings. The van der Waals surface area contributed by atoms with Gasteiger partial charge in [-0.3, -0.25) is 4.79 Å². The summed E-state index contributed by atoms with van der Waals surface area (Å²) in [6.45, 7) is 0.586. The van der Waals surface area contributed by atoms with E-state index in [1.165, 1.54) is 30.3 Å².